The number of rotatable bonds is 7. The first-order chi connectivity index (χ1) is 14.1. The number of imidazole rings is 1. The molecule has 29 heavy (non-hydrogen) atoms. The molecule has 5 nitrogen and oxygen atoms in total. The number of hydrogen-bond acceptors (Lipinski definition) is 2. The number of fused-ring (bicyclic) bond motifs is 1. The fraction of sp³-hybridized carbons (Fsp3) is 0.250. The number of nitrogens with one attached hydrogen (secondary N) is 1. The number of aromatic amines is 1. The highest BCUT2D eigenvalue weighted by Gasteiger charge is 2.23. The number of aryl methyl sites for hydroxylation is 2. The lowest BCUT2D eigenvalue weighted by atomic mass is 9.97. The van der Waals surface area contributed by atoms with E-state index in [1.165, 1.54) is 11.1 Å². The van der Waals surface area contributed by atoms with E-state index >= 15 is 0 Å². The van der Waals surface area contributed by atoms with Crippen LogP contribution in [0.4, 0.5) is 0 Å². The van der Waals surface area contributed by atoms with E-state index in [4.69, 9.17) is 0 Å². The highest BCUT2D eigenvalue weighted by molar-refractivity contribution is 6.06. The number of carbonyl (C=O) groups is 1. The summed E-state index contributed by atoms with van der Waals surface area (Å²) < 4.78 is 2.07. The zero-order chi connectivity index (χ0) is 20.2. The van der Waals surface area contributed by atoms with Crippen LogP contribution in [0.5, 0.6) is 0 Å². The SMILES string of the molecule is Cc1ccccc1C[C@@H](CCn1ccnc1)N(C)C(=O)c1cccc2[nH]ccc12. The molecule has 0 unspecified atom stereocenters. The van der Waals surface area contributed by atoms with Crippen molar-refractivity contribution in [2.75, 3.05) is 7.05 Å². The fourth-order valence-corrected chi connectivity index (χ4v) is 3.87. The third kappa shape index (κ3) is 4.09. The second-order valence-electron chi connectivity index (χ2n) is 7.53. The molecule has 2 aromatic heterocycles. The molecule has 0 saturated carbocycles. The smallest absolute Gasteiger partial charge is 0.254 e. The van der Waals surface area contributed by atoms with E-state index in [1.807, 2.05) is 54.9 Å². The van der Waals surface area contributed by atoms with Gasteiger partial charge in [0.15, 0.2) is 0 Å². The molecule has 1 N–H and O–H groups in total. The van der Waals surface area contributed by atoms with Gasteiger partial charge in [0.2, 0.25) is 0 Å². The van der Waals surface area contributed by atoms with Gasteiger partial charge in [-0.1, -0.05) is 30.3 Å². The fourth-order valence-electron chi connectivity index (χ4n) is 3.87. The van der Waals surface area contributed by atoms with Crippen LogP contribution in [0.1, 0.15) is 27.9 Å². The molecule has 0 aliphatic rings. The highest BCUT2D eigenvalue weighted by Crippen LogP contribution is 2.22. The summed E-state index contributed by atoms with van der Waals surface area (Å²) >= 11 is 0. The average molecular weight is 386 g/mol. The predicted molar refractivity (Wildman–Crippen MR) is 116 cm³/mol. The number of H-pyrrole nitrogens is 1. The molecule has 1 amide bonds. The predicted octanol–water partition coefficient (Wildman–Crippen LogP) is 4.45. The van der Waals surface area contributed by atoms with Gasteiger partial charge in [-0.25, -0.2) is 4.98 Å². The Morgan fingerprint density at radius 1 is 1.17 bits per heavy atom. The molecular formula is C24H26N4O. The minimum atomic E-state index is 0.0550. The maximum Gasteiger partial charge on any atom is 0.254 e. The topological polar surface area (TPSA) is 53.9 Å². The average Bonchev–Trinajstić information content (AvgIpc) is 3.42. The van der Waals surface area contributed by atoms with Gasteiger partial charge in [-0.15, -0.1) is 0 Å². The standard InChI is InChI=1S/C24H26N4O/c1-18-6-3-4-7-19(18)16-20(11-14-28-15-13-25-17-28)27(2)24(29)22-8-5-9-23-21(22)10-12-26-23/h3-10,12-13,15,17,20,26H,11,14,16H2,1-2H3/t20-/m1/s1. The van der Waals surface area contributed by atoms with Crippen molar-refractivity contribution in [3.8, 4) is 0 Å². The van der Waals surface area contributed by atoms with Crippen molar-refractivity contribution in [3.05, 3.63) is 90.1 Å². The normalized spacial score (nSPS) is 12.2. The highest BCUT2D eigenvalue weighted by atomic mass is 16.2. The van der Waals surface area contributed by atoms with Crippen molar-refractivity contribution >= 4 is 16.8 Å². The van der Waals surface area contributed by atoms with E-state index in [1.54, 1.807) is 6.20 Å². The Labute approximate surface area is 171 Å². The molecule has 0 aliphatic carbocycles. The van der Waals surface area contributed by atoms with Crippen molar-refractivity contribution in [1.82, 2.24) is 19.4 Å². The Hall–Kier alpha value is -3.34. The molecule has 1 atom stereocenters. The molecule has 0 bridgehead atoms. The van der Waals surface area contributed by atoms with Crippen molar-refractivity contribution in [3.63, 3.8) is 0 Å². The second kappa shape index (κ2) is 8.35. The maximum atomic E-state index is 13.4. The molecule has 2 aromatic carbocycles. The van der Waals surface area contributed by atoms with Gasteiger partial charge < -0.3 is 14.5 Å². The minimum absolute atomic E-state index is 0.0550. The van der Waals surface area contributed by atoms with Gasteiger partial charge >= 0.3 is 0 Å². The minimum Gasteiger partial charge on any atom is -0.361 e. The molecule has 148 valence electrons. The van der Waals surface area contributed by atoms with Gasteiger partial charge in [0.1, 0.15) is 0 Å². The summed E-state index contributed by atoms with van der Waals surface area (Å²) in [6.45, 7) is 2.95. The van der Waals surface area contributed by atoms with Gasteiger partial charge in [0, 0.05) is 54.7 Å². The maximum absolute atomic E-state index is 13.4. The van der Waals surface area contributed by atoms with E-state index in [-0.39, 0.29) is 11.9 Å². The number of amides is 1. The first-order valence-electron chi connectivity index (χ1n) is 9.97. The van der Waals surface area contributed by atoms with E-state index in [0.717, 1.165) is 35.9 Å². The van der Waals surface area contributed by atoms with Crippen LogP contribution in [0.3, 0.4) is 0 Å². The lowest BCUT2D eigenvalue weighted by Crippen LogP contribution is -2.39. The second-order valence-corrected chi connectivity index (χ2v) is 7.53. The number of carbonyl (C=O) groups excluding carboxylic acids is 1. The Morgan fingerprint density at radius 3 is 2.83 bits per heavy atom. The Bertz CT molecular complexity index is 1100. The molecule has 2 heterocycles. The number of hydrogen-bond donors (Lipinski definition) is 1. The molecular weight excluding hydrogens is 360 g/mol. The third-order valence-corrected chi connectivity index (χ3v) is 5.69. The lowest BCUT2D eigenvalue weighted by molar-refractivity contribution is 0.0721. The summed E-state index contributed by atoms with van der Waals surface area (Å²) in [6, 6.07) is 16.3. The monoisotopic (exact) mass is 386 g/mol. The molecule has 4 rings (SSSR count). The van der Waals surface area contributed by atoms with Gasteiger partial charge in [0.05, 0.1) is 6.33 Å². The molecule has 4 aromatic rings. The molecule has 0 spiro atoms. The van der Waals surface area contributed by atoms with Crippen LogP contribution in [-0.4, -0.2) is 38.4 Å². The molecule has 0 aliphatic heterocycles. The van der Waals surface area contributed by atoms with Crippen LogP contribution in [0, 0.1) is 6.92 Å². The quantitative estimate of drug-likeness (QED) is 0.510. The third-order valence-electron chi connectivity index (χ3n) is 5.69. The van der Waals surface area contributed by atoms with Crippen molar-refractivity contribution < 1.29 is 4.79 Å². The van der Waals surface area contributed by atoms with E-state index in [9.17, 15) is 4.79 Å². The number of nitrogens with zero attached hydrogens (tertiary/aromatic N) is 3. The van der Waals surface area contributed by atoms with Crippen LogP contribution in [0.15, 0.2) is 73.4 Å². The van der Waals surface area contributed by atoms with Crippen LogP contribution in [-0.2, 0) is 13.0 Å². The van der Waals surface area contributed by atoms with Gasteiger partial charge in [0.25, 0.3) is 5.91 Å². The van der Waals surface area contributed by atoms with Gasteiger partial charge in [-0.2, -0.15) is 0 Å². The molecule has 0 saturated heterocycles. The first kappa shape index (κ1) is 19.0. The van der Waals surface area contributed by atoms with E-state index < -0.39 is 0 Å². The van der Waals surface area contributed by atoms with E-state index in [0.29, 0.717) is 0 Å². The lowest BCUT2D eigenvalue weighted by Gasteiger charge is -2.29. The summed E-state index contributed by atoms with van der Waals surface area (Å²) in [7, 11) is 1.92. The first-order valence-corrected chi connectivity index (χ1v) is 9.97. The summed E-state index contributed by atoms with van der Waals surface area (Å²) in [5, 5.41) is 0.966. The number of benzene rings is 2. The largest absolute Gasteiger partial charge is 0.361 e. The zero-order valence-corrected chi connectivity index (χ0v) is 16.9. The van der Waals surface area contributed by atoms with Crippen LogP contribution >= 0.6 is 0 Å². The summed E-state index contributed by atoms with van der Waals surface area (Å²) in [6.07, 6.45) is 9.15. The van der Waals surface area contributed by atoms with Gasteiger partial charge in [-0.3, -0.25) is 4.79 Å². The molecule has 5 heteroatoms. The Kier molecular flexibility index (Phi) is 5.47. The zero-order valence-electron chi connectivity index (χ0n) is 16.9. The van der Waals surface area contributed by atoms with Crippen molar-refractivity contribution in [2.24, 2.45) is 0 Å². The van der Waals surface area contributed by atoms with Crippen molar-refractivity contribution in [2.45, 2.75) is 32.4 Å². The molecule has 0 fully saturated rings. The Morgan fingerprint density at radius 2 is 2.03 bits per heavy atom. The van der Waals surface area contributed by atoms with Crippen LogP contribution in [0.2, 0.25) is 0 Å². The summed E-state index contributed by atoms with van der Waals surface area (Å²) in [4.78, 5) is 22.7. The molecule has 0 radical (unpaired) electrons. The summed E-state index contributed by atoms with van der Waals surface area (Å²) in [5.41, 5.74) is 4.26. The van der Waals surface area contributed by atoms with Crippen LogP contribution in [0.25, 0.3) is 10.9 Å². The van der Waals surface area contributed by atoms with Gasteiger partial charge in [-0.05, 0) is 49.1 Å². The number of aromatic nitrogens is 3. The summed E-state index contributed by atoms with van der Waals surface area (Å²) in [5.74, 6) is 0.0550. The van der Waals surface area contributed by atoms with Crippen LogP contribution < -0.4 is 0 Å². The Balaban J connectivity index is 1.60. The van der Waals surface area contributed by atoms with Crippen molar-refractivity contribution in [1.29, 1.82) is 0 Å². The number of likely N-dealkylation sites (N-methyl/N-ethyl adjacent to an activating group) is 1. The van der Waals surface area contributed by atoms with E-state index in [2.05, 4.69) is 45.7 Å².